The second-order valence-electron chi connectivity index (χ2n) is 4.95. The Morgan fingerprint density at radius 3 is 2.08 bits per heavy atom. The molecule has 0 aromatic rings. The van der Waals surface area contributed by atoms with Crippen LogP contribution in [0.3, 0.4) is 0 Å². The summed E-state index contributed by atoms with van der Waals surface area (Å²) in [5.74, 6) is 3.21. The van der Waals surface area contributed by atoms with Gasteiger partial charge < -0.3 is 0 Å². The Labute approximate surface area is 74.5 Å². The van der Waals surface area contributed by atoms with E-state index in [1.54, 1.807) is 0 Å². The topological polar surface area (TPSA) is 40.5 Å². The van der Waals surface area contributed by atoms with E-state index in [1.165, 1.54) is 19.3 Å². The minimum Gasteiger partial charge on any atom is -0.255 e. The fourth-order valence-electron chi connectivity index (χ4n) is 2.91. The van der Waals surface area contributed by atoms with Gasteiger partial charge in [-0.2, -0.15) is 0 Å². The molecule has 2 fully saturated rings. The quantitative estimate of drug-likeness (QED) is 0.435. The second kappa shape index (κ2) is 3.35. The summed E-state index contributed by atoms with van der Waals surface area (Å²) >= 11 is 0. The Hall–Kier alpha value is -0.0800. The van der Waals surface area contributed by atoms with Gasteiger partial charge in [0.2, 0.25) is 0 Å². The predicted octanol–water partition coefficient (Wildman–Crippen LogP) is 3.10. The highest BCUT2D eigenvalue weighted by molar-refractivity contribution is 5.07. The third-order valence-electron chi connectivity index (χ3n) is 3.91. The van der Waals surface area contributed by atoms with Crippen LogP contribution in [0.25, 0.3) is 0 Å². The normalized spacial score (nSPS) is 42.2. The summed E-state index contributed by atoms with van der Waals surface area (Å²) in [6.07, 6.45) is 4.51. The highest BCUT2D eigenvalue weighted by Crippen LogP contribution is 2.65. The van der Waals surface area contributed by atoms with Crippen LogP contribution in [0.15, 0.2) is 0 Å². The summed E-state index contributed by atoms with van der Waals surface area (Å²) in [5.41, 5.74) is 0.727. The van der Waals surface area contributed by atoms with Gasteiger partial charge in [-0.3, -0.25) is 10.5 Å². The van der Waals surface area contributed by atoms with Crippen LogP contribution in [-0.4, -0.2) is 10.5 Å². The van der Waals surface area contributed by atoms with Gasteiger partial charge in [-0.05, 0) is 36.0 Å². The lowest BCUT2D eigenvalue weighted by Crippen LogP contribution is -2.03. The van der Waals surface area contributed by atoms with Gasteiger partial charge >= 0.3 is 0 Å². The Kier molecular flexibility index (Phi) is 2.79. The summed E-state index contributed by atoms with van der Waals surface area (Å²) in [6, 6.07) is 0. The minimum atomic E-state index is 0.727. The maximum absolute atomic E-state index is 6.00. The fraction of sp³-hybridized carbons (Fsp3) is 1.00. The molecule has 2 aliphatic rings. The van der Waals surface area contributed by atoms with Crippen molar-refractivity contribution in [2.75, 3.05) is 0 Å². The Morgan fingerprint density at radius 2 is 1.67 bits per heavy atom. The smallest absolute Gasteiger partial charge is 0.0292 e. The SMILES string of the molecule is CC1CCC2C(C1)C2(C)C.OO. The molecule has 0 heterocycles. The van der Waals surface area contributed by atoms with E-state index in [-0.39, 0.29) is 0 Å². The van der Waals surface area contributed by atoms with Gasteiger partial charge in [0, 0.05) is 0 Å². The van der Waals surface area contributed by atoms with E-state index >= 15 is 0 Å². The van der Waals surface area contributed by atoms with Crippen LogP contribution in [-0.2, 0) is 0 Å². The summed E-state index contributed by atoms with van der Waals surface area (Å²) in [5, 5.41) is 12.0. The van der Waals surface area contributed by atoms with Gasteiger partial charge in [-0.15, -0.1) is 0 Å². The maximum Gasteiger partial charge on any atom is -0.0292 e. The summed E-state index contributed by atoms with van der Waals surface area (Å²) in [6.45, 7) is 7.30. The molecule has 0 amide bonds. The van der Waals surface area contributed by atoms with Crippen LogP contribution >= 0.6 is 0 Å². The molecule has 3 atom stereocenters. The van der Waals surface area contributed by atoms with Crippen LogP contribution in [0, 0.1) is 23.2 Å². The van der Waals surface area contributed by atoms with E-state index in [0.717, 1.165) is 23.2 Å². The highest BCUT2D eigenvalue weighted by Gasteiger charge is 2.58. The molecule has 0 radical (unpaired) electrons. The zero-order chi connectivity index (χ0) is 9.35. The fourth-order valence-corrected chi connectivity index (χ4v) is 2.91. The molecule has 0 aromatic heterocycles. The van der Waals surface area contributed by atoms with Crippen LogP contribution in [0.1, 0.15) is 40.0 Å². The van der Waals surface area contributed by atoms with Crippen LogP contribution in [0.2, 0.25) is 0 Å². The molecule has 0 aromatic carbocycles. The summed E-state index contributed by atoms with van der Waals surface area (Å²) < 4.78 is 0. The molecule has 0 saturated heterocycles. The van der Waals surface area contributed by atoms with E-state index in [4.69, 9.17) is 10.5 Å². The van der Waals surface area contributed by atoms with E-state index < -0.39 is 0 Å². The minimum absolute atomic E-state index is 0.727. The van der Waals surface area contributed by atoms with Crippen molar-refractivity contribution in [3.63, 3.8) is 0 Å². The van der Waals surface area contributed by atoms with Gasteiger partial charge in [0.25, 0.3) is 0 Å². The third kappa shape index (κ3) is 1.50. The van der Waals surface area contributed by atoms with Crippen molar-refractivity contribution in [3.05, 3.63) is 0 Å². The van der Waals surface area contributed by atoms with Crippen molar-refractivity contribution in [1.82, 2.24) is 0 Å². The molecule has 2 nitrogen and oxygen atoms in total. The van der Waals surface area contributed by atoms with Crippen molar-refractivity contribution in [3.8, 4) is 0 Å². The molecule has 2 aliphatic carbocycles. The van der Waals surface area contributed by atoms with Crippen molar-refractivity contribution in [2.45, 2.75) is 40.0 Å². The van der Waals surface area contributed by atoms with Gasteiger partial charge in [0.15, 0.2) is 0 Å². The van der Waals surface area contributed by atoms with Gasteiger partial charge in [0.1, 0.15) is 0 Å². The first-order valence-electron chi connectivity index (χ1n) is 4.82. The number of hydrogen-bond donors (Lipinski definition) is 2. The van der Waals surface area contributed by atoms with Crippen molar-refractivity contribution >= 4 is 0 Å². The van der Waals surface area contributed by atoms with Gasteiger partial charge in [0.05, 0.1) is 0 Å². The van der Waals surface area contributed by atoms with E-state index in [0.29, 0.717) is 0 Å². The Bertz CT molecular complexity index is 154. The highest BCUT2D eigenvalue weighted by atomic mass is 17.0. The van der Waals surface area contributed by atoms with Crippen molar-refractivity contribution in [1.29, 1.82) is 0 Å². The molecule has 0 spiro atoms. The second-order valence-corrected chi connectivity index (χ2v) is 4.95. The number of fused-ring (bicyclic) bond motifs is 1. The maximum atomic E-state index is 6.00. The number of rotatable bonds is 0. The average Bonchev–Trinajstić information content (AvgIpc) is 2.58. The van der Waals surface area contributed by atoms with Gasteiger partial charge in [-0.25, -0.2) is 0 Å². The zero-order valence-corrected chi connectivity index (χ0v) is 8.25. The van der Waals surface area contributed by atoms with E-state index in [2.05, 4.69) is 20.8 Å². The molecule has 12 heavy (non-hydrogen) atoms. The average molecular weight is 172 g/mol. The molecular formula is C10H20O2. The van der Waals surface area contributed by atoms with Crippen LogP contribution in [0.5, 0.6) is 0 Å². The van der Waals surface area contributed by atoms with Gasteiger partial charge in [-0.1, -0.05) is 27.2 Å². The third-order valence-corrected chi connectivity index (χ3v) is 3.91. The first kappa shape index (κ1) is 10.0. The summed E-state index contributed by atoms with van der Waals surface area (Å²) in [7, 11) is 0. The Morgan fingerprint density at radius 1 is 1.08 bits per heavy atom. The van der Waals surface area contributed by atoms with Crippen LogP contribution in [0.4, 0.5) is 0 Å². The van der Waals surface area contributed by atoms with Crippen LogP contribution < -0.4 is 0 Å². The standard InChI is InChI=1S/C10H18.H2O2/c1-7-4-5-8-9(6-7)10(8,2)3;1-2/h7-9H,4-6H2,1-3H3;1-2H. The zero-order valence-electron chi connectivity index (χ0n) is 8.25. The Balaban J connectivity index is 0.000000336. The molecule has 2 rings (SSSR count). The largest absolute Gasteiger partial charge is 0.255 e. The molecule has 0 aliphatic heterocycles. The molecule has 2 saturated carbocycles. The van der Waals surface area contributed by atoms with E-state index in [9.17, 15) is 0 Å². The first-order chi connectivity index (χ1) is 5.62. The van der Waals surface area contributed by atoms with E-state index in [1.807, 2.05) is 0 Å². The molecular weight excluding hydrogens is 152 g/mol. The molecule has 0 bridgehead atoms. The summed E-state index contributed by atoms with van der Waals surface area (Å²) in [4.78, 5) is 0. The molecule has 2 heteroatoms. The lowest BCUT2D eigenvalue weighted by Gasteiger charge is -2.15. The van der Waals surface area contributed by atoms with Crippen molar-refractivity contribution < 1.29 is 10.5 Å². The molecule has 2 N–H and O–H groups in total. The predicted molar refractivity (Wildman–Crippen MR) is 49.0 cm³/mol. The first-order valence-corrected chi connectivity index (χ1v) is 4.82. The molecule has 72 valence electrons. The number of hydrogen-bond acceptors (Lipinski definition) is 2. The monoisotopic (exact) mass is 172 g/mol. The lowest BCUT2D eigenvalue weighted by atomic mass is 9.91. The van der Waals surface area contributed by atoms with Crippen molar-refractivity contribution in [2.24, 2.45) is 23.2 Å². The molecule has 3 unspecified atom stereocenters. The lowest BCUT2D eigenvalue weighted by molar-refractivity contribution is -0.176.